The van der Waals surface area contributed by atoms with Crippen LogP contribution in [0, 0.1) is 0 Å². The second-order valence-electron chi connectivity index (χ2n) is 11.9. The summed E-state index contributed by atoms with van der Waals surface area (Å²) in [6, 6.07) is 19.6. The predicted octanol–water partition coefficient (Wildman–Crippen LogP) is 5.92. The largest absolute Gasteiger partial charge is 0.493 e. The highest BCUT2D eigenvalue weighted by atomic mass is 16.5. The van der Waals surface area contributed by atoms with Crippen LogP contribution in [0.3, 0.4) is 0 Å². The monoisotopic (exact) mass is 662 g/mol. The lowest BCUT2D eigenvalue weighted by molar-refractivity contribution is -0.118. The summed E-state index contributed by atoms with van der Waals surface area (Å²) < 4.78 is 34.3. The normalized spacial score (nSPS) is 17.5. The van der Waals surface area contributed by atoms with Gasteiger partial charge in [0.05, 0.1) is 46.7 Å². The first-order valence-corrected chi connectivity index (χ1v) is 16.5. The van der Waals surface area contributed by atoms with Crippen LogP contribution in [-0.4, -0.2) is 88.9 Å². The molecule has 0 bridgehead atoms. The topological polar surface area (TPSA) is 116 Å². The van der Waals surface area contributed by atoms with Crippen LogP contribution in [-0.2, 0) is 27.3 Å². The molecule has 48 heavy (non-hydrogen) atoms. The zero-order valence-corrected chi connectivity index (χ0v) is 28.0. The van der Waals surface area contributed by atoms with Crippen molar-refractivity contribution >= 4 is 17.7 Å². The number of carbonyl (C=O) groups is 2. The smallest absolute Gasteiger partial charge is 0.407 e. The van der Waals surface area contributed by atoms with E-state index in [0.29, 0.717) is 76.0 Å². The fraction of sp³-hybridized carbons (Fsp3) is 0.459. The average molecular weight is 663 g/mol. The first-order valence-electron chi connectivity index (χ1n) is 16.5. The Morgan fingerprint density at radius 2 is 1.65 bits per heavy atom. The van der Waals surface area contributed by atoms with Crippen LogP contribution in [0.25, 0.3) is 0 Å². The van der Waals surface area contributed by atoms with Gasteiger partial charge in [-0.25, -0.2) is 4.79 Å². The number of ether oxygens (including phenoxy) is 6. The summed E-state index contributed by atoms with van der Waals surface area (Å²) in [4.78, 5) is 27.9. The molecule has 0 aromatic heterocycles. The molecule has 0 spiro atoms. The number of para-hydroxylation sites is 1. The first-order chi connectivity index (χ1) is 23.4. The molecule has 5 rings (SSSR count). The Bertz CT molecular complexity index is 1490. The second-order valence-corrected chi connectivity index (χ2v) is 11.9. The molecule has 3 aromatic carbocycles. The van der Waals surface area contributed by atoms with Gasteiger partial charge >= 0.3 is 6.09 Å². The summed E-state index contributed by atoms with van der Waals surface area (Å²) in [7, 11) is 4.85. The van der Waals surface area contributed by atoms with Crippen molar-refractivity contribution in [2.75, 3.05) is 65.7 Å². The summed E-state index contributed by atoms with van der Waals surface area (Å²) in [5, 5.41) is 9.73. The van der Waals surface area contributed by atoms with Gasteiger partial charge in [0.15, 0.2) is 11.5 Å². The van der Waals surface area contributed by atoms with Gasteiger partial charge in [-0.2, -0.15) is 0 Å². The summed E-state index contributed by atoms with van der Waals surface area (Å²) in [5.74, 6) is 2.68. The summed E-state index contributed by atoms with van der Waals surface area (Å²) in [6.45, 7) is 3.13. The van der Waals surface area contributed by atoms with Crippen molar-refractivity contribution in [3.05, 3.63) is 77.4 Å². The summed E-state index contributed by atoms with van der Waals surface area (Å²) >= 11 is 0. The number of rotatable bonds is 16. The molecule has 2 unspecified atom stereocenters. The van der Waals surface area contributed by atoms with Crippen molar-refractivity contribution in [2.45, 2.75) is 50.7 Å². The fourth-order valence-corrected chi connectivity index (χ4v) is 6.32. The SMILES string of the molecule is COCCCN1C(=O)CCc2ccc(COC3CN(C(=O)O)CCC3c3ccc(OCCCOc4c(OC)cccc4OC)cc3)cc21. The third-order valence-corrected chi connectivity index (χ3v) is 8.87. The highest BCUT2D eigenvalue weighted by Gasteiger charge is 2.33. The minimum absolute atomic E-state index is 0.0173. The lowest BCUT2D eigenvalue weighted by Crippen LogP contribution is -2.46. The predicted molar refractivity (Wildman–Crippen MR) is 181 cm³/mol. The second kappa shape index (κ2) is 17.1. The van der Waals surface area contributed by atoms with Crippen molar-refractivity contribution in [1.82, 2.24) is 4.90 Å². The minimum Gasteiger partial charge on any atom is -0.493 e. The van der Waals surface area contributed by atoms with Gasteiger partial charge < -0.3 is 43.3 Å². The van der Waals surface area contributed by atoms with E-state index in [2.05, 4.69) is 6.07 Å². The van der Waals surface area contributed by atoms with Crippen molar-refractivity contribution in [1.29, 1.82) is 0 Å². The molecule has 0 saturated carbocycles. The molecule has 11 heteroatoms. The fourth-order valence-electron chi connectivity index (χ4n) is 6.32. The van der Waals surface area contributed by atoms with Gasteiger partial charge in [-0.15, -0.1) is 0 Å². The molecule has 1 fully saturated rings. The van der Waals surface area contributed by atoms with Crippen LogP contribution in [0.2, 0.25) is 0 Å². The number of benzene rings is 3. The molecule has 2 heterocycles. The van der Waals surface area contributed by atoms with E-state index in [-0.39, 0.29) is 24.5 Å². The number of methoxy groups -OCH3 is 3. The van der Waals surface area contributed by atoms with Crippen molar-refractivity contribution < 1.29 is 43.1 Å². The van der Waals surface area contributed by atoms with E-state index >= 15 is 0 Å². The Kier molecular flexibility index (Phi) is 12.4. The van der Waals surface area contributed by atoms with E-state index < -0.39 is 6.09 Å². The molecule has 2 aliphatic heterocycles. The van der Waals surface area contributed by atoms with Gasteiger partial charge in [0.1, 0.15) is 5.75 Å². The van der Waals surface area contributed by atoms with Gasteiger partial charge in [0, 0.05) is 51.3 Å². The number of fused-ring (bicyclic) bond motifs is 1. The number of carboxylic acid groups (broad SMARTS) is 1. The zero-order valence-electron chi connectivity index (χ0n) is 28.0. The Hall–Kier alpha value is -4.48. The Labute approximate surface area is 282 Å². The number of hydrogen-bond acceptors (Lipinski definition) is 8. The summed E-state index contributed by atoms with van der Waals surface area (Å²) in [5.41, 5.74) is 4.10. The van der Waals surface area contributed by atoms with Crippen LogP contribution in [0.1, 0.15) is 48.3 Å². The van der Waals surface area contributed by atoms with Gasteiger partial charge in [-0.1, -0.05) is 30.3 Å². The average Bonchev–Trinajstić information content (AvgIpc) is 3.11. The van der Waals surface area contributed by atoms with E-state index in [4.69, 9.17) is 28.4 Å². The van der Waals surface area contributed by atoms with Crippen LogP contribution in [0.15, 0.2) is 60.7 Å². The Morgan fingerprint density at radius 3 is 2.35 bits per heavy atom. The van der Waals surface area contributed by atoms with E-state index in [1.807, 2.05) is 59.5 Å². The molecule has 258 valence electrons. The van der Waals surface area contributed by atoms with Gasteiger partial charge in [-0.05, 0) is 66.3 Å². The van der Waals surface area contributed by atoms with E-state index in [1.165, 1.54) is 4.90 Å². The third kappa shape index (κ3) is 8.70. The molecular formula is C37H46N2O9. The molecule has 2 atom stereocenters. The lowest BCUT2D eigenvalue weighted by Gasteiger charge is -2.37. The van der Waals surface area contributed by atoms with E-state index in [9.17, 15) is 14.7 Å². The van der Waals surface area contributed by atoms with Crippen molar-refractivity contribution in [3.63, 3.8) is 0 Å². The van der Waals surface area contributed by atoms with Crippen LogP contribution in [0.4, 0.5) is 10.5 Å². The number of carbonyl (C=O) groups excluding carboxylic acids is 1. The molecule has 2 amide bonds. The highest BCUT2D eigenvalue weighted by molar-refractivity contribution is 5.96. The van der Waals surface area contributed by atoms with Crippen LogP contribution < -0.4 is 23.8 Å². The number of amides is 2. The standard InChI is InChI=1S/C37H46N2O9/c1-43-20-5-18-39-31-23-26(9-10-28(31)13-16-35(39)40)25-48-34-24-38(37(41)42)19-17-30(34)27-11-14-29(15-12-27)46-21-6-22-47-36-32(44-2)7-4-8-33(36)45-3/h4,7-12,14-15,23,30,34H,5-6,13,16-22,24-25H2,1-3H3,(H,41,42). The highest BCUT2D eigenvalue weighted by Crippen LogP contribution is 2.37. The third-order valence-electron chi connectivity index (χ3n) is 8.87. The maximum absolute atomic E-state index is 12.7. The molecular weight excluding hydrogens is 616 g/mol. The number of anilines is 1. The molecule has 0 radical (unpaired) electrons. The van der Waals surface area contributed by atoms with E-state index in [1.54, 1.807) is 21.3 Å². The van der Waals surface area contributed by atoms with Crippen LogP contribution >= 0.6 is 0 Å². The molecule has 11 nitrogen and oxygen atoms in total. The minimum atomic E-state index is -0.946. The molecule has 1 N–H and O–H groups in total. The number of aryl methyl sites for hydroxylation is 1. The van der Waals surface area contributed by atoms with Crippen molar-refractivity contribution in [2.24, 2.45) is 0 Å². The number of hydrogen-bond donors (Lipinski definition) is 1. The molecule has 3 aromatic rings. The van der Waals surface area contributed by atoms with Gasteiger partial charge in [0.2, 0.25) is 11.7 Å². The zero-order chi connectivity index (χ0) is 33.9. The maximum atomic E-state index is 12.7. The number of likely N-dealkylation sites (tertiary alicyclic amines) is 1. The Balaban J connectivity index is 1.18. The number of nitrogens with zero attached hydrogens (tertiary/aromatic N) is 2. The maximum Gasteiger partial charge on any atom is 0.407 e. The van der Waals surface area contributed by atoms with Gasteiger partial charge in [0.25, 0.3) is 0 Å². The quantitative estimate of drug-likeness (QED) is 0.187. The Morgan fingerprint density at radius 1 is 0.896 bits per heavy atom. The van der Waals surface area contributed by atoms with Crippen molar-refractivity contribution in [3.8, 4) is 23.0 Å². The molecule has 1 saturated heterocycles. The first kappa shape index (κ1) is 34.8. The number of piperidine rings is 1. The summed E-state index contributed by atoms with van der Waals surface area (Å²) in [6.07, 6.45) is 2.01. The molecule has 0 aliphatic carbocycles. The lowest BCUT2D eigenvalue weighted by atomic mass is 9.87. The van der Waals surface area contributed by atoms with Gasteiger partial charge in [-0.3, -0.25) is 4.79 Å². The molecule has 2 aliphatic rings. The van der Waals surface area contributed by atoms with E-state index in [0.717, 1.165) is 41.0 Å². The van der Waals surface area contributed by atoms with Crippen LogP contribution in [0.5, 0.6) is 23.0 Å².